The van der Waals surface area contributed by atoms with E-state index in [9.17, 15) is 9.59 Å². The molecule has 2 amide bonds. The second-order valence-corrected chi connectivity index (χ2v) is 8.54. The summed E-state index contributed by atoms with van der Waals surface area (Å²) in [5.41, 5.74) is 1.35. The second-order valence-electron chi connectivity index (χ2n) is 6.26. The lowest BCUT2D eigenvalue weighted by atomic mass is 10.1. The first kappa shape index (κ1) is 21.7. The molecule has 0 bridgehead atoms. The van der Waals surface area contributed by atoms with Gasteiger partial charge in [0.15, 0.2) is 0 Å². The smallest absolute Gasteiger partial charge is 0.253 e. The zero-order valence-corrected chi connectivity index (χ0v) is 18.0. The minimum absolute atomic E-state index is 0.119. The molecule has 1 heterocycles. The van der Waals surface area contributed by atoms with Gasteiger partial charge in [-0.25, -0.2) is 4.98 Å². The van der Waals surface area contributed by atoms with Crippen molar-refractivity contribution in [2.24, 2.45) is 0 Å². The lowest BCUT2D eigenvalue weighted by molar-refractivity contribution is -0.123. The number of thioether (sulfide) groups is 1. The maximum absolute atomic E-state index is 12.7. The lowest BCUT2D eigenvalue weighted by Crippen LogP contribution is -2.47. The number of hydrogen-bond acceptors (Lipinski definition) is 5. The average Bonchev–Trinajstić information content (AvgIpc) is 3.09. The first-order chi connectivity index (χ1) is 12.9. The lowest BCUT2D eigenvalue weighted by Gasteiger charge is -2.19. The van der Waals surface area contributed by atoms with Gasteiger partial charge in [-0.2, -0.15) is 11.8 Å². The zero-order chi connectivity index (χ0) is 19.8. The highest BCUT2D eigenvalue weighted by molar-refractivity contribution is 7.98. The minimum Gasteiger partial charge on any atom is -0.354 e. The van der Waals surface area contributed by atoms with Crippen LogP contribution in [0, 0.1) is 6.92 Å². The summed E-state index contributed by atoms with van der Waals surface area (Å²) < 4.78 is 0. The molecule has 2 atom stereocenters. The van der Waals surface area contributed by atoms with Gasteiger partial charge in [0.1, 0.15) is 6.04 Å². The van der Waals surface area contributed by atoms with E-state index in [1.165, 1.54) is 0 Å². The van der Waals surface area contributed by atoms with Crippen LogP contribution in [0.5, 0.6) is 0 Å². The van der Waals surface area contributed by atoms with Gasteiger partial charge in [0.2, 0.25) is 5.91 Å². The Balaban J connectivity index is 1.98. The molecule has 5 nitrogen and oxygen atoms in total. The molecule has 1 aromatic heterocycles. The predicted octanol–water partition coefficient (Wildman–Crippen LogP) is 3.88. The van der Waals surface area contributed by atoms with E-state index in [1.54, 1.807) is 47.4 Å². The number of carbonyl (C=O) groups excluding carboxylic acids is 2. The minimum atomic E-state index is -0.605. The van der Waals surface area contributed by atoms with Gasteiger partial charge in [-0.15, -0.1) is 11.3 Å². The van der Waals surface area contributed by atoms with Crippen molar-refractivity contribution < 1.29 is 9.59 Å². The first-order valence-corrected chi connectivity index (χ1v) is 11.3. The summed E-state index contributed by atoms with van der Waals surface area (Å²) in [5.74, 6) is 0.352. The third kappa shape index (κ3) is 6.52. The number of hydrogen-bond donors (Lipinski definition) is 2. The van der Waals surface area contributed by atoms with Gasteiger partial charge in [0, 0.05) is 23.5 Å². The highest BCUT2D eigenvalue weighted by Gasteiger charge is 2.23. The van der Waals surface area contributed by atoms with E-state index in [0.717, 1.165) is 16.5 Å². The SMILES string of the molecule is CSCCC(NC(=O)c1ccccc1Cl)C(=O)NCC(C)c1nc(C)cs1. The topological polar surface area (TPSA) is 71.1 Å². The summed E-state index contributed by atoms with van der Waals surface area (Å²) in [6, 6.07) is 6.21. The highest BCUT2D eigenvalue weighted by atomic mass is 35.5. The largest absolute Gasteiger partial charge is 0.354 e. The van der Waals surface area contributed by atoms with Crippen LogP contribution in [-0.2, 0) is 4.79 Å². The van der Waals surface area contributed by atoms with Crippen molar-refractivity contribution in [3.63, 3.8) is 0 Å². The molecule has 2 aromatic rings. The number of nitrogens with one attached hydrogen (secondary N) is 2. The summed E-state index contributed by atoms with van der Waals surface area (Å²) in [7, 11) is 0. The molecular weight excluding hydrogens is 402 g/mol. The van der Waals surface area contributed by atoms with Gasteiger partial charge < -0.3 is 10.6 Å². The fraction of sp³-hybridized carbons (Fsp3) is 0.421. The van der Waals surface area contributed by atoms with Crippen LogP contribution in [0.3, 0.4) is 0 Å². The first-order valence-electron chi connectivity index (χ1n) is 8.66. The number of aromatic nitrogens is 1. The standard InChI is InChI=1S/C19H24ClN3O2S2/c1-12(19-22-13(2)11-27-19)10-21-18(25)16(8-9-26-3)23-17(24)14-6-4-5-7-15(14)20/h4-7,11-12,16H,8-10H2,1-3H3,(H,21,25)(H,23,24). The Kier molecular flexibility index (Phi) is 8.60. The third-order valence-corrected chi connectivity index (χ3v) is 6.16. The zero-order valence-electron chi connectivity index (χ0n) is 15.6. The van der Waals surface area contributed by atoms with E-state index in [-0.39, 0.29) is 17.7 Å². The van der Waals surface area contributed by atoms with E-state index in [4.69, 9.17) is 11.6 Å². The van der Waals surface area contributed by atoms with Crippen molar-refractivity contribution in [2.75, 3.05) is 18.6 Å². The van der Waals surface area contributed by atoms with Crippen LogP contribution in [0.15, 0.2) is 29.6 Å². The molecule has 8 heteroatoms. The summed E-state index contributed by atoms with van der Waals surface area (Å²) in [6.07, 6.45) is 2.52. The number of carbonyl (C=O) groups is 2. The monoisotopic (exact) mass is 425 g/mol. The number of rotatable bonds is 9. The van der Waals surface area contributed by atoms with Gasteiger partial charge in [-0.05, 0) is 37.5 Å². The fourth-order valence-electron chi connectivity index (χ4n) is 2.45. The van der Waals surface area contributed by atoms with Gasteiger partial charge in [-0.1, -0.05) is 30.7 Å². The van der Waals surface area contributed by atoms with Crippen molar-refractivity contribution in [3.8, 4) is 0 Å². The van der Waals surface area contributed by atoms with Crippen LogP contribution in [0.4, 0.5) is 0 Å². The Morgan fingerprint density at radius 1 is 1.33 bits per heavy atom. The van der Waals surface area contributed by atoms with E-state index >= 15 is 0 Å². The molecule has 2 unspecified atom stereocenters. The Morgan fingerprint density at radius 2 is 2.07 bits per heavy atom. The fourth-order valence-corrected chi connectivity index (χ4v) is 4.00. The summed E-state index contributed by atoms with van der Waals surface area (Å²) in [4.78, 5) is 29.6. The molecule has 2 N–H and O–H groups in total. The number of nitrogens with zero attached hydrogens (tertiary/aromatic N) is 1. The number of aryl methyl sites for hydroxylation is 1. The molecule has 0 spiro atoms. The van der Waals surface area contributed by atoms with E-state index in [0.29, 0.717) is 23.6 Å². The van der Waals surface area contributed by atoms with E-state index < -0.39 is 6.04 Å². The van der Waals surface area contributed by atoms with Crippen molar-refractivity contribution in [2.45, 2.75) is 32.2 Å². The number of benzene rings is 1. The van der Waals surface area contributed by atoms with Crippen molar-refractivity contribution >= 4 is 46.5 Å². The van der Waals surface area contributed by atoms with Crippen molar-refractivity contribution in [1.82, 2.24) is 15.6 Å². The van der Waals surface area contributed by atoms with Crippen LogP contribution >= 0.6 is 34.7 Å². The van der Waals surface area contributed by atoms with E-state index in [1.807, 2.05) is 25.5 Å². The maximum Gasteiger partial charge on any atom is 0.253 e. The molecule has 27 heavy (non-hydrogen) atoms. The molecule has 0 radical (unpaired) electrons. The molecule has 2 rings (SSSR count). The van der Waals surface area contributed by atoms with Crippen LogP contribution in [0.2, 0.25) is 5.02 Å². The Labute approximate surface area is 173 Å². The van der Waals surface area contributed by atoms with Crippen LogP contribution in [0.1, 0.15) is 40.3 Å². The van der Waals surface area contributed by atoms with Gasteiger partial charge >= 0.3 is 0 Å². The summed E-state index contributed by atoms with van der Waals surface area (Å²) in [6.45, 7) is 4.45. The summed E-state index contributed by atoms with van der Waals surface area (Å²) in [5, 5.41) is 9.12. The molecule has 0 aliphatic heterocycles. The quantitative estimate of drug-likeness (QED) is 0.639. The Hall–Kier alpha value is -1.57. The maximum atomic E-state index is 12.7. The number of halogens is 1. The normalized spacial score (nSPS) is 13.0. The Morgan fingerprint density at radius 3 is 2.70 bits per heavy atom. The molecule has 146 valence electrons. The van der Waals surface area contributed by atoms with Crippen LogP contribution in [0.25, 0.3) is 0 Å². The van der Waals surface area contributed by atoms with Crippen LogP contribution in [-0.4, -0.2) is 41.4 Å². The van der Waals surface area contributed by atoms with Crippen LogP contribution < -0.4 is 10.6 Å². The predicted molar refractivity (Wildman–Crippen MR) is 114 cm³/mol. The van der Waals surface area contributed by atoms with Crippen molar-refractivity contribution in [1.29, 1.82) is 0 Å². The second kappa shape index (κ2) is 10.7. The molecule has 0 aliphatic carbocycles. The molecule has 0 saturated carbocycles. The molecule has 0 saturated heterocycles. The number of amides is 2. The third-order valence-electron chi connectivity index (χ3n) is 3.99. The molecular formula is C19H24ClN3O2S2. The molecule has 1 aromatic carbocycles. The Bertz CT molecular complexity index is 782. The average molecular weight is 426 g/mol. The van der Waals surface area contributed by atoms with Crippen molar-refractivity contribution in [3.05, 3.63) is 50.9 Å². The summed E-state index contributed by atoms with van der Waals surface area (Å²) >= 11 is 9.31. The van der Waals surface area contributed by atoms with E-state index in [2.05, 4.69) is 15.6 Å². The van der Waals surface area contributed by atoms with Gasteiger partial charge in [0.25, 0.3) is 5.91 Å². The molecule has 0 aliphatic rings. The molecule has 0 fully saturated rings. The van der Waals surface area contributed by atoms with Gasteiger partial charge in [-0.3, -0.25) is 9.59 Å². The highest BCUT2D eigenvalue weighted by Crippen LogP contribution is 2.19. The number of thiazole rings is 1. The van der Waals surface area contributed by atoms with Gasteiger partial charge in [0.05, 0.1) is 15.6 Å².